The van der Waals surface area contributed by atoms with Crippen molar-refractivity contribution in [2.45, 2.75) is 12.6 Å². The van der Waals surface area contributed by atoms with E-state index < -0.39 is 0 Å². The molecule has 1 aliphatic rings. The average molecular weight is 393 g/mol. The molecule has 1 aliphatic heterocycles. The van der Waals surface area contributed by atoms with Crippen LogP contribution in [0.2, 0.25) is 0 Å². The van der Waals surface area contributed by atoms with Gasteiger partial charge >= 0.3 is 0 Å². The van der Waals surface area contributed by atoms with Crippen molar-refractivity contribution in [2.75, 3.05) is 13.1 Å². The van der Waals surface area contributed by atoms with Crippen LogP contribution in [0.3, 0.4) is 0 Å². The third-order valence-electron chi connectivity index (χ3n) is 4.80. The van der Waals surface area contributed by atoms with Crippen LogP contribution in [0.15, 0.2) is 48.9 Å². The summed E-state index contributed by atoms with van der Waals surface area (Å²) < 4.78 is 14.8. The zero-order chi connectivity index (χ0) is 19.8. The van der Waals surface area contributed by atoms with Gasteiger partial charge in [0, 0.05) is 18.7 Å². The summed E-state index contributed by atoms with van der Waals surface area (Å²) in [7, 11) is 0. The Morgan fingerprint density at radius 1 is 1.17 bits per heavy atom. The summed E-state index contributed by atoms with van der Waals surface area (Å²) in [6.07, 6.45) is 5.06. The fraction of sp³-hybridized carbons (Fsp3) is 0.222. The molecule has 1 amide bonds. The second-order valence-electron chi connectivity index (χ2n) is 6.79. The van der Waals surface area contributed by atoms with E-state index in [1.54, 1.807) is 40.2 Å². The van der Waals surface area contributed by atoms with Crippen molar-refractivity contribution in [3.63, 3.8) is 0 Å². The number of benzene rings is 1. The highest BCUT2D eigenvalue weighted by Crippen LogP contribution is 2.24. The van der Waals surface area contributed by atoms with Gasteiger partial charge in [-0.2, -0.15) is 20.1 Å². The van der Waals surface area contributed by atoms with Gasteiger partial charge in [0.2, 0.25) is 0 Å². The van der Waals surface area contributed by atoms with Gasteiger partial charge < -0.3 is 4.90 Å². The molecule has 0 radical (unpaired) electrons. The molecule has 0 saturated carbocycles. The van der Waals surface area contributed by atoms with Crippen LogP contribution >= 0.6 is 0 Å². The molecule has 0 spiro atoms. The van der Waals surface area contributed by atoms with Gasteiger partial charge in [-0.25, -0.2) is 9.07 Å². The number of nitrogens with zero attached hydrogens (tertiary/aromatic N) is 8. The number of halogens is 1. The SMILES string of the molecule is O=C(c1cc(-c2ccc(F)cc2)n[nH]1)N1CC(n2cc(Cn3nccn3)nn2)C1. The first-order valence-corrected chi connectivity index (χ1v) is 9.01. The van der Waals surface area contributed by atoms with Gasteiger partial charge in [-0.1, -0.05) is 5.21 Å². The lowest BCUT2D eigenvalue weighted by molar-refractivity contribution is 0.0492. The molecule has 29 heavy (non-hydrogen) atoms. The highest BCUT2D eigenvalue weighted by atomic mass is 19.1. The lowest BCUT2D eigenvalue weighted by Gasteiger charge is -2.38. The maximum atomic E-state index is 13.1. The summed E-state index contributed by atoms with van der Waals surface area (Å²) in [6.45, 7) is 1.52. The van der Waals surface area contributed by atoms with E-state index >= 15 is 0 Å². The van der Waals surface area contributed by atoms with Gasteiger partial charge in [0.25, 0.3) is 5.91 Å². The quantitative estimate of drug-likeness (QED) is 0.545. The van der Waals surface area contributed by atoms with Crippen LogP contribution in [-0.4, -0.2) is 64.1 Å². The number of aromatic amines is 1. The van der Waals surface area contributed by atoms with Crippen molar-refractivity contribution in [1.29, 1.82) is 0 Å². The molecule has 5 rings (SSSR count). The molecular formula is C18H16FN9O. The molecule has 1 aromatic carbocycles. The number of carbonyl (C=O) groups excluding carboxylic acids is 1. The van der Waals surface area contributed by atoms with Crippen LogP contribution in [0.5, 0.6) is 0 Å². The summed E-state index contributed by atoms with van der Waals surface area (Å²) in [6, 6.07) is 7.72. The summed E-state index contributed by atoms with van der Waals surface area (Å²) in [5.74, 6) is -0.451. The molecule has 1 N–H and O–H groups in total. The van der Waals surface area contributed by atoms with E-state index in [0.29, 0.717) is 31.0 Å². The monoisotopic (exact) mass is 393 g/mol. The summed E-state index contributed by atoms with van der Waals surface area (Å²) in [4.78, 5) is 15.9. The molecule has 10 nitrogen and oxygen atoms in total. The van der Waals surface area contributed by atoms with Gasteiger partial charge in [-0.05, 0) is 30.3 Å². The van der Waals surface area contributed by atoms with Crippen LogP contribution in [0.1, 0.15) is 22.2 Å². The van der Waals surface area contributed by atoms with E-state index in [1.807, 2.05) is 6.20 Å². The lowest BCUT2D eigenvalue weighted by Crippen LogP contribution is -2.51. The summed E-state index contributed by atoms with van der Waals surface area (Å²) in [5, 5.41) is 23.3. The predicted octanol–water partition coefficient (Wildman–Crippen LogP) is 1.14. The van der Waals surface area contributed by atoms with Crippen molar-refractivity contribution in [2.24, 2.45) is 0 Å². The Bertz CT molecular complexity index is 1130. The van der Waals surface area contributed by atoms with Crippen LogP contribution in [0.25, 0.3) is 11.3 Å². The van der Waals surface area contributed by atoms with Gasteiger partial charge in [0.05, 0.1) is 30.3 Å². The standard InChI is InChI=1S/C18H16FN9O/c19-13-3-1-12(2-4-13)16-7-17(24-23-16)18(29)26-10-15(11-26)27-8-14(22-25-27)9-28-20-5-6-21-28/h1-8,15H,9-11H2,(H,23,24). The van der Waals surface area contributed by atoms with Crippen LogP contribution < -0.4 is 0 Å². The molecule has 11 heteroatoms. The Kier molecular flexibility index (Phi) is 4.12. The normalized spacial score (nSPS) is 14.2. The number of carbonyl (C=O) groups is 1. The smallest absolute Gasteiger partial charge is 0.272 e. The van der Waals surface area contributed by atoms with Crippen LogP contribution in [0, 0.1) is 5.82 Å². The Hall–Kier alpha value is -3.89. The number of H-pyrrole nitrogens is 1. The highest BCUT2D eigenvalue weighted by Gasteiger charge is 2.34. The van der Waals surface area contributed by atoms with Crippen molar-refractivity contribution in [1.82, 2.24) is 45.1 Å². The molecule has 4 aromatic rings. The molecule has 4 heterocycles. The van der Waals surface area contributed by atoms with Crippen molar-refractivity contribution in [3.8, 4) is 11.3 Å². The van der Waals surface area contributed by atoms with Gasteiger partial charge in [0.15, 0.2) is 0 Å². The minimum absolute atomic E-state index is 0.0743. The van der Waals surface area contributed by atoms with E-state index in [2.05, 4.69) is 30.7 Å². The third kappa shape index (κ3) is 3.37. The number of nitrogens with one attached hydrogen (secondary N) is 1. The molecule has 0 unspecified atom stereocenters. The molecule has 0 aliphatic carbocycles. The van der Waals surface area contributed by atoms with Crippen molar-refractivity contribution < 1.29 is 9.18 Å². The van der Waals surface area contributed by atoms with E-state index in [9.17, 15) is 9.18 Å². The summed E-state index contributed by atoms with van der Waals surface area (Å²) >= 11 is 0. The topological polar surface area (TPSA) is 110 Å². The van der Waals surface area contributed by atoms with Gasteiger partial charge in [0.1, 0.15) is 23.7 Å². The largest absolute Gasteiger partial charge is 0.333 e. The number of hydrogen-bond acceptors (Lipinski definition) is 6. The third-order valence-corrected chi connectivity index (χ3v) is 4.80. The average Bonchev–Trinajstić information content (AvgIpc) is 3.43. The highest BCUT2D eigenvalue weighted by molar-refractivity contribution is 5.94. The predicted molar refractivity (Wildman–Crippen MR) is 98.1 cm³/mol. The molecule has 146 valence electrons. The number of rotatable bonds is 5. The molecular weight excluding hydrogens is 377 g/mol. The molecule has 1 fully saturated rings. The number of aromatic nitrogens is 8. The molecule has 0 atom stereocenters. The molecule has 3 aromatic heterocycles. The first-order valence-electron chi connectivity index (χ1n) is 9.01. The number of likely N-dealkylation sites (tertiary alicyclic amines) is 1. The maximum absolute atomic E-state index is 13.1. The molecule has 0 bridgehead atoms. The Morgan fingerprint density at radius 3 is 2.69 bits per heavy atom. The van der Waals surface area contributed by atoms with E-state index in [1.165, 1.54) is 16.9 Å². The fourth-order valence-electron chi connectivity index (χ4n) is 3.19. The fourth-order valence-corrected chi connectivity index (χ4v) is 3.19. The Balaban J connectivity index is 1.20. The zero-order valence-corrected chi connectivity index (χ0v) is 15.2. The first kappa shape index (κ1) is 17.2. The van der Waals surface area contributed by atoms with Crippen LogP contribution in [-0.2, 0) is 6.54 Å². The minimum Gasteiger partial charge on any atom is -0.333 e. The lowest BCUT2D eigenvalue weighted by atomic mass is 10.1. The second kappa shape index (κ2) is 6.93. The molecule has 1 saturated heterocycles. The van der Waals surface area contributed by atoms with Gasteiger partial charge in [-0.15, -0.1) is 5.10 Å². The maximum Gasteiger partial charge on any atom is 0.272 e. The van der Waals surface area contributed by atoms with Crippen molar-refractivity contribution in [3.05, 3.63) is 66.1 Å². The van der Waals surface area contributed by atoms with Gasteiger partial charge in [-0.3, -0.25) is 9.89 Å². The van der Waals surface area contributed by atoms with Crippen LogP contribution in [0.4, 0.5) is 4.39 Å². The summed E-state index contributed by atoms with van der Waals surface area (Å²) in [5.41, 5.74) is 2.49. The first-order chi connectivity index (χ1) is 14.2. The van der Waals surface area contributed by atoms with E-state index in [4.69, 9.17) is 0 Å². The van der Waals surface area contributed by atoms with E-state index in [-0.39, 0.29) is 17.8 Å². The minimum atomic E-state index is -0.315. The van der Waals surface area contributed by atoms with Crippen molar-refractivity contribution >= 4 is 5.91 Å². The second-order valence-corrected chi connectivity index (χ2v) is 6.79. The Labute approximate surface area is 163 Å². The Morgan fingerprint density at radius 2 is 1.93 bits per heavy atom. The van der Waals surface area contributed by atoms with E-state index in [0.717, 1.165) is 11.3 Å². The number of amides is 1. The number of hydrogen-bond donors (Lipinski definition) is 1. The zero-order valence-electron chi connectivity index (χ0n) is 15.2.